The Balaban J connectivity index is 2.20. The maximum atomic E-state index is 13.2. The zero-order valence-corrected chi connectivity index (χ0v) is 10.3. The lowest BCUT2D eigenvalue weighted by atomic mass is 9.96. The first-order valence-corrected chi connectivity index (χ1v) is 5.73. The molecule has 2 rings (SSSR count). The third kappa shape index (κ3) is 2.64. The average Bonchev–Trinajstić information content (AvgIpc) is 2.21. The zero-order valence-electron chi connectivity index (χ0n) is 10.3. The minimum atomic E-state index is -0.830. The Morgan fingerprint density at radius 2 is 2.00 bits per heavy atom. The molecule has 0 saturated carbocycles. The molecule has 2 nitrogen and oxygen atoms in total. The third-order valence-electron chi connectivity index (χ3n) is 2.97. The predicted octanol–water partition coefficient (Wildman–Crippen LogP) is 2.79. The molecule has 1 fully saturated rings. The molecule has 0 aromatic heterocycles. The molecule has 1 aliphatic rings. The summed E-state index contributed by atoms with van der Waals surface area (Å²) in [5, 5.41) is 3.40. The van der Waals surface area contributed by atoms with Gasteiger partial charge in [0.1, 0.15) is 0 Å². The maximum absolute atomic E-state index is 13.2. The highest BCUT2D eigenvalue weighted by atomic mass is 19.2. The summed E-state index contributed by atoms with van der Waals surface area (Å²) in [5.74, 6) is -1.66. The fourth-order valence-corrected chi connectivity index (χ4v) is 2.25. The molecule has 1 aromatic carbocycles. The van der Waals surface area contributed by atoms with Gasteiger partial charge < -0.3 is 10.1 Å². The molecular formula is C13H17F2NO. The molecule has 1 N–H and O–H groups in total. The van der Waals surface area contributed by atoms with Crippen LogP contribution in [0.25, 0.3) is 0 Å². The van der Waals surface area contributed by atoms with Gasteiger partial charge in [-0.2, -0.15) is 0 Å². The monoisotopic (exact) mass is 241 g/mol. The van der Waals surface area contributed by atoms with Crippen molar-refractivity contribution in [3.63, 3.8) is 0 Å². The van der Waals surface area contributed by atoms with Crippen molar-refractivity contribution in [3.05, 3.63) is 35.4 Å². The van der Waals surface area contributed by atoms with E-state index in [0.717, 1.165) is 6.07 Å². The molecule has 0 amide bonds. The summed E-state index contributed by atoms with van der Waals surface area (Å²) < 4.78 is 31.8. The van der Waals surface area contributed by atoms with Crippen LogP contribution in [0.4, 0.5) is 8.78 Å². The Kier molecular flexibility index (Phi) is 3.19. The standard InChI is InChI=1S/C13H17F2NO/c1-8-12(17-7-13(2,3)16-8)9-4-5-10(14)11(15)6-9/h4-6,8,12,16H,7H2,1-3H3. The van der Waals surface area contributed by atoms with Crippen LogP contribution in [0.1, 0.15) is 32.4 Å². The van der Waals surface area contributed by atoms with E-state index in [4.69, 9.17) is 4.74 Å². The molecule has 2 unspecified atom stereocenters. The van der Waals surface area contributed by atoms with Gasteiger partial charge in [0.25, 0.3) is 0 Å². The summed E-state index contributed by atoms with van der Waals surface area (Å²) in [6.07, 6.45) is -0.238. The Hall–Kier alpha value is -1.00. The van der Waals surface area contributed by atoms with Gasteiger partial charge in [0.05, 0.1) is 12.7 Å². The fraction of sp³-hybridized carbons (Fsp3) is 0.538. The van der Waals surface area contributed by atoms with Crippen LogP contribution in [-0.4, -0.2) is 18.2 Å². The van der Waals surface area contributed by atoms with Crippen LogP contribution >= 0.6 is 0 Å². The summed E-state index contributed by atoms with van der Waals surface area (Å²) in [7, 11) is 0. The van der Waals surface area contributed by atoms with Crippen LogP contribution in [-0.2, 0) is 4.74 Å². The van der Waals surface area contributed by atoms with Crippen LogP contribution < -0.4 is 5.32 Å². The number of morpholine rings is 1. The zero-order chi connectivity index (χ0) is 12.6. The second-order valence-corrected chi connectivity index (χ2v) is 5.22. The molecule has 4 heteroatoms. The van der Waals surface area contributed by atoms with Gasteiger partial charge in [-0.25, -0.2) is 8.78 Å². The average molecular weight is 241 g/mol. The first-order chi connectivity index (χ1) is 7.89. The molecule has 1 aliphatic heterocycles. The molecule has 1 heterocycles. The van der Waals surface area contributed by atoms with Crippen LogP contribution in [0.3, 0.4) is 0 Å². The summed E-state index contributed by atoms with van der Waals surface area (Å²) in [6.45, 7) is 6.61. The van der Waals surface area contributed by atoms with Gasteiger partial charge in [-0.15, -0.1) is 0 Å². The van der Waals surface area contributed by atoms with Crippen molar-refractivity contribution in [2.75, 3.05) is 6.61 Å². The van der Waals surface area contributed by atoms with E-state index in [1.54, 1.807) is 6.07 Å². The van der Waals surface area contributed by atoms with Crippen molar-refractivity contribution in [2.24, 2.45) is 0 Å². The quantitative estimate of drug-likeness (QED) is 0.816. The predicted molar refractivity (Wildman–Crippen MR) is 61.7 cm³/mol. The number of rotatable bonds is 1. The van der Waals surface area contributed by atoms with Crippen LogP contribution in [0, 0.1) is 11.6 Å². The molecular weight excluding hydrogens is 224 g/mol. The lowest BCUT2D eigenvalue weighted by Crippen LogP contribution is -2.55. The van der Waals surface area contributed by atoms with Gasteiger partial charge in [-0.3, -0.25) is 0 Å². The van der Waals surface area contributed by atoms with E-state index in [-0.39, 0.29) is 17.7 Å². The maximum Gasteiger partial charge on any atom is 0.159 e. The minimum Gasteiger partial charge on any atom is -0.370 e. The number of benzene rings is 1. The van der Waals surface area contributed by atoms with Crippen molar-refractivity contribution in [2.45, 2.75) is 38.5 Å². The van der Waals surface area contributed by atoms with Gasteiger partial charge in [0.2, 0.25) is 0 Å². The van der Waals surface area contributed by atoms with E-state index in [2.05, 4.69) is 5.32 Å². The Labute approximate surface area is 100.0 Å². The SMILES string of the molecule is CC1NC(C)(C)COC1c1ccc(F)c(F)c1. The fourth-order valence-electron chi connectivity index (χ4n) is 2.25. The largest absolute Gasteiger partial charge is 0.370 e. The van der Waals surface area contributed by atoms with Gasteiger partial charge in [0.15, 0.2) is 11.6 Å². The molecule has 17 heavy (non-hydrogen) atoms. The van der Waals surface area contributed by atoms with E-state index in [9.17, 15) is 8.78 Å². The summed E-state index contributed by atoms with van der Waals surface area (Å²) >= 11 is 0. The molecule has 0 bridgehead atoms. The Bertz CT molecular complexity index is 420. The molecule has 0 aliphatic carbocycles. The number of ether oxygens (including phenoxy) is 1. The molecule has 2 atom stereocenters. The molecule has 0 spiro atoms. The molecule has 0 radical (unpaired) electrons. The second kappa shape index (κ2) is 4.35. The smallest absolute Gasteiger partial charge is 0.159 e. The number of halogens is 2. The van der Waals surface area contributed by atoms with Crippen molar-refractivity contribution in [1.82, 2.24) is 5.32 Å². The van der Waals surface area contributed by atoms with Crippen molar-refractivity contribution in [3.8, 4) is 0 Å². The molecule has 1 aromatic rings. The van der Waals surface area contributed by atoms with Gasteiger partial charge in [-0.1, -0.05) is 6.07 Å². The van der Waals surface area contributed by atoms with E-state index < -0.39 is 11.6 Å². The minimum absolute atomic E-state index is 0.0589. The van der Waals surface area contributed by atoms with Crippen molar-refractivity contribution < 1.29 is 13.5 Å². The molecule has 94 valence electrons. The van der Waals surface area contributed by atoms with Gasteiger partial charge in [0, 0.05) is 11.6 Å². The Morgan fingerprint density at radius 1 is 1.29 bits per heavy atom. The number of nitrogens with one attached hydrogen (secondary N) is 1. The highest BCUT2D eigenvalue weighted by Crippen LogP contribution is 2.29. The van der Waals surface area contributed by atoms with E-state index in [1.807, 2.05) is 20.8 Å². The van der Waals surface area contributed by atoms with E-state index in [1.165, 1.54) is 6.07 Å². The van der Waals surface area contributed by atoms with Crippen molar-refractivity contribution in [1.29, 1.82) is 0 Å². The Morgan fingerprint density at radius 3 is 2.59 bits per heavy atom. The van der Waals surface area contributed by atoms with Gasteiger partial charge in [-0.05, 0) is 38.5 Å². The lowest BCUT2D eigenvalue weighted by Gasteiger charge is -2.41. The van der Waals surface area contributed by atoms with Crippen molar-refractivity contribution >= 4 is 0 Å². The van der Waals surface area contributed by atoms with E-state index >= 15 is 0 Å². The summed E-state index contributed by atoms with van der Waals surface area (Å²) in [6, 6.07) is 3.97. The first-order valence-electron chi connectivity index (χ1n) is 5.73. The van der Waals surface area contributed by atoms with Gasteiger partial charge >= 0.3 is 0 Å². The molecule has 1 saturated heterocycles. The van der Waals surface area contributed by atoms with Crippen LogP contribution in [0.5, 0.6) is 0 Å². The summed E-state index contributed by atoms with van der Waals surface area (Å²) in [5.41, 5.74) is 0.577. The van der Waals surface area contributed by atoms with E-state index in [0.29, 0.717) is 12.2 Å². The van der Waals surface area contributed by atoms with Crippen LogP contribution in [0.15, 0.2) is 18.2 Å². The second-order valence-electron chi connectivity index (χ2n) is 5.22. The lowest BCUT2D eigenvalue weighted by molar-refractivity contribution is -0.0497. The normalized spacial score (nSPS) is 28.1. The highest BCUT2D eigenvalue weighted by Gasteiger charge is 2.33. The topological polar surface area (TPSA) is 21.3 Å². The van der Waals surface area contributed by atoms with Crippen LogP contribution in [0.2, 0.25) is 0 Å². The third-order valence-corrected chi connectivity index (χ3v) is 2.97. The highest BCUT2D eigenvalue weighted by molar-refractivity contribution is 5.22. The number of hydrogen-bond acceptors (Lipinski definition) is 2. The summed E-state index contributed by atoms with van der Waals surface area (Å²) in [4.78, 5) is 0. The first kappa shape index (κ1) is 12.5. The number of hydrogen-bond donors (Lipinski definition) is 1.